The molecule has 2 atom stereocenters. The smallest absolute Gasteiger partial charge is 0.407 e. The summed E-state index contributed by atoms with van der Waals surface area (Å²) in [6, 6.07) is 0. The highest BCUT2D eigenvalue weighted by atomic mass is 16.6. The first kappa shape index (κ1) is 17.7. The second kappa shape index (κ2) is 7.44. The van der Waals surface area contributed by atoms with Gasteiger partial charge in [0.2, 0.25) is 0 Å². The van der Waals surface area contributed by atoms with Gasteiger partial charge in [-0.1, -0.05) is 26.0 Å². The summed E-state index contributed by atoms with van der Waals surface area (Å²) in [7, 11) is 0. The standard InChI is InChI=1S/C19H33N3O2/c1-13(2)12-22-19-9-14-7-15(10-19)17(16(8-14)11-19)24-18(23)21-6-4-3-5-20/h3-4,13-17,22H,5-12,20H2,1-2H3,(H,21,23)/b4-3+. The number of amides is 1. The molecule has 4 fully saturated rings. The molecule has 136 valence electrons. The van der Waals surface area contributed by atoms with Crippen molar-refractivity contribution >= 4 is 6.09 Å². The van der Waals surface area contributed by atoms with Crippen LogP contribution in [-0.4, -0.2) is 37.4 Å². The van der Waals surface area contributed by atoms with Crippen LogP contribution in [0.15, 0.2) is 12.2 Å². The number of rotatable bonds is 7. The van der Waals surface area contributed by atoms with Gasteiger partial charge >= 0.3 is 6.09 Å². The number of nitrogens with two attached hydrogens (primary N) is 1. The van der Waals surface area contributed by atoms with Crippen LogP contribution in [0, 0.1) is 23.7 Å². The van der Waals surface area contributed by atoms with Crippen LogP contribution in [-0.2, 0) is 4.74 Å². The Hall–Kier alpha value is -1.07. The lowest BCUT2D eigenvalue weighted by atomic mass is 9.51. The van der Waals surface area contributed by atoms with Crippen molar-refractivity contribution in [3.8, 4) is 0 Å². The lowest BCUT2D eigenvalue weighted by Crippen LogP contribution is -2.64. The number of ether oxygens (including phenoxy) is 1. The van der Waals surface area contributed by atoms with Gasteiger partial charge < -0.3 is 21.1 Å². The van der Waals surface area contributed by atoms with Crippen LogP contribution < -0.4 is 16.4 Å². The van der Waals surface area contributed by atoms with Gasteiger partial charge in [-0.05, 0) is 62.3 Å². The molecule has 0 aromatic carbocycles. The van der Waals surface area contributed by atoms with E-state index in [2.05, 4.69) is 24.5 Å². The van der Waals surface area contributed by atoms with Crippen molar-refractivity contribution in [3.05, 3.63) is 12.2 Å². The van der Waals surface area contributed by atoms with Crippen molar-refractivity contribution < 1.29 is 9.53 Å². The first-order chi connectivity index (χ1) is 11.5. The van der Waals surface area contributed by atoms with E-state index < -0.39 is 0 Å². The zero-order chi connectivity index (χ0) is 17.2. The van der Waals surface area contributed by atoms with Crippen LogP contribution in [0.5, 0.6) is 0 Å². The van der Waals surface area contributed by atoms with Gasteiger partial charge in [0.1, 0.15) is 6.10 Å². The summed E-state index contributed by atoms with van der Waals surface area (Å²) < 4.78 is 5.84. The SMILES string of the molecule is CC(C)CNC12CC3CC(C1)C(OC(=O)NC/C=C/CN)C(C3)C2. The van der Waals surface area contributed by atoms with Gasteiger partial charge in [-0.3, -0.25) is 0 Å². The van der Waals surface area contributed by atoms with Gasteiger partial charge in [0.05, 0.1) is 0 Å². The minimum Gasteiger partial charge on any atom is -0.446 e. The summed E-state index contributed by atoms with van der Waals surface area (Å²) in [6.07, 6.45) is 9.63. The Morgan fingerprint density at radius 1 is 1.25 bits per heavy atom. The molecule has 4 aliphatic rings. The molecule has 0 aromatic rings. The third-order valence-corrected chi connectivity index (χ3v) is 5.98. The van der Waals surface area contributed by atoms with E-state index >= 15 is 0 Å². The van der Waals surface area contributed by atoms with Crippen molar-refractivity contribution in [1.82, 2.24) is 10.6 Å². The maximum Gasteiger partial charge on any atom is 0.407 e. The lowest BCUT2D eigenvalue weighted by molar-refractivity contribution is -0.115. The molecule has 0 aliphatic heterocycles. The fraction of sp³-hybridized carbons (Fsp3) is 0.842. The first-order valence-electron chi connectivity index (χ1n) is 9.56. The van der Waals surface area contributed by atoms with Gasteiger partial charge in [0.25, 0.3) is 0 Å². The topological polar surface area (TPSA) is 76.4 Å². The molecule has 0 saturated heterocycles. The van der Waals surface area contributed by atoms with E-state index in [4.69, 9.17) is 10.5 Å². The number of alkyl carbamates (subject to hydrolysis) is 1. The molecular formula is C19H33N3O2. The van der Waals surface area contributed by atoms with E-state index in [1.807, 2.05) is 12.2 Å². The number of nitrogens with one attached hydrogen (secondary N) is 2. The maximum atomic E-state index is 12.1. The number of hydrogen-bond acceptors (Lipinski definition) is 4. The fourth-order valence-electron chi connectivity index (χ4n) is 5.29. The fourth-order valence-corrected chi connectivity index (χ4v) is 5.29. The first-order valence-corrected chi connectivity index (χ1v) is 9.56. The summed E-state index contributed by atoms with van der Waals surface area (Å²) in [4.78, 5) is 12.1. The Morgan fingerprint density at radius 2 is 1.96 bits per heavy atom. The quantitative estimate of drug-likeness (QED) is 0.625. The molecule has 4 bridgehead atoms. The number of hydrogen-bond donors (Lipinski definition) is 3. The van der Waals surface area contributed by atoms with Crippen molar-refractivity contribution in [2.45, 2.75) is 57.6 Å². The van der Waals surface area contributed by atoms with Crippen LogP contribution in [0.25, 0.3) is 0 Å². The summed E-state index contributed by atoms with van der Waals surface area (Å²) >= 11 is 0. The maximum absolute atomic E-state index is 12.1. The molecule has 4 saturated carbocycles. The van der Waals surface area contributed by atoms with Crippen LogP contribution in [0.2, 0.25) is 0 Å². The molecule has 2 unspecified atom stereocenters. The highest BCUT2D eigenvalue weighted by molar-refractivity contribution is 5.67. The van der Waals surface area contributed by atoms with E-state index in [0.717, 1.165) is 25.3 Å². The van der Waals surface area contributed by atoms with Crippen LogP contribution in [0.1, 0.15) is 46.0 Å². The van der Waals surface area contributed by atoms with Crippen LogP contribution in [0.4, 0.5) is 4.79 Å². The molecule has 0 spiro atoms. The monoisotopic (exact) mass is 335 g/mol. The van der Waals surface area contributed by atoms with Crippen molar-refractivity contribution in [2.75, 3.05) is 19.6 Å². The van der Waals surface area contributed by atoms with E-state index in [-0.39, 0.29) is 12.2 Å². The summed E-state index contributed by atoms with van der Waals surface area (Å²) in [5.74, 6) is 2.55. The molecular weight excluding hydrogens is 302 g/mol. The second-order valence-corrected chi connectivity index (χ2v) is 8.48. The molecule has 24 heavy (non-hydrogen) atoms. The van der Waals surface area contributed by atoms with Crippen molar-refractivity contribution in [1.29, 1.82) is 0 Å². The Labute approximate surface area is 145 Å². The third-order valence-electron chi connectivity index (χ3n) is 5.98. The summed E-state index contributed by atoms with van der Waals surface area (Å²) in [6.45, 7) is 6.61. The minimum absolute atomic E-state index is 0.106. The normalized spacial score (nSPS) is 37.3. The van der Waals surface area contributed by atoms with Crippen molar-refractivity contribution in [3.63, 3.8) is 0 Å². The molecule has 0 aromatic heterocycles. The number of carbonyl (C=O) groups excluding carboxylic acids is 1. The van der Waals surface area contributed by atoms with E-state index in [1.54, 1.807) is 0 Å². The Morgan fingerprint density at radius 3 is 2.58 bits per heavy atom. The predicted octanol–water partition coefficient (Wildman–Crippen LogP) is 2.42. The van der Waals surface area contributed by atoms with Gasteiger partial charge in [0, 0.05) is 18.6 Å². The lowest BCUT2D eigenvalue weighted by Gasteiger charge is -2.59. The van der Waals surface area contributed by atoms with Crippen LogP contribution in [0.3, 0.4) is 0 Å². The van der Waals surface area contributed by atoms with E-state index in [0.29, 0.717) is 36.4 Å². The molecule has 4 aliphatic carbocycles. The molecule has 0 heterocycles. The van der Waals surface area contributed by atoms with Gasteiger partial charge in [0.15, 0.2) is 0 Å². The Balaban J connectivity index is 1.55. The minimum atomic E-state index is -0.279. The van der Waals surface area contributed by atoms with E-state index in [1.165, 1.54) is 19.3 Å². The van der Waals surface area contributed by atoms with E-state index in [9.17, 15) is 4.79 Å². The predicted molar refractivity (Wildman–Crippen MR) is 95.6 cm³/mol. The average Bonchev–Trinajstić information content (AvgIpc) is 2.53. The third kappa shape index (κ3) is 3.94. The van der Waals surface area contributed by atoms with Crippen molar-refractivity contribution in [2.24, 2.45) is 29.4 Å². The molecule has 1 amide bonds. The highest BCUT2D eigenvalue weighted by Crippen LogP contribution is 2.56. The average molecular weight is 335 g/mol. The van der Waals surface area contributed by atoms with Gasteiger partial charge in [-0.15, -0.1) is 0 Å². The zero-order valence-corrected chi connectivity index (χ0v) is 15.1. The Kier molecular flexibility index (Phi) is 5.50. The molecule has 0 radical (unpaired) electrons. The molecule has 4 rings (SSSR count). The molecule has 4 N–H and O–H groups in total. The summed E-state index contributed by atoms with van der Waals surface area (Å²) in [5, 5.41) is 6.68. The largest absolute Gasteiger partial charge is 0.446 e. The van der Waals surface area contributed by atoms with Gasteiger partial charge in [-0.25, -0.2) is 4.79 Å². The summed E-state index contributed by atoms with van der Waals surface area (Å²) in [5.41, 5.74) is 5.70. The number of carbonyl (C=O) groups is 1. The van der Waals surface area contributed by atoms with Gasteiger partial charge in [-0.2, -0.15) is 0 Å². The Bertz CT molecular complexity index is 461. The zero-order valence-electron chi connectivity index (χ0n) is 15.1. The second-order valence-electron chi connectivity index (χ2n) is 8.48. The molecule has 5 heteroatoms. The van der Waals surface area contributed by atoms with Crippen LogP contribution >= 0.6 is 0 Å². The highest BCUT2D eigenvalue weighted by Gasteiger charge is 2.56. The molecule has 5 nitrogen and oxygen atoms in total.